The molecule has 1 aromatic carbocycles. The Morgan fingerprint density at radius 2 is 2.17 bits per heavy atom. The molecule has 1 N–H and O–H groups in total. The van der Waals surface area contributed by atoms with E-state index in [9.17, 15) is 9.59 Å². The predicted molar refractivity (Wildman–Crippen MR) is 95.1 cm³/mol. The van der Waals surface area contributed by atoms with E-state index in [0.29, 0.717) is 29.6 Å². The second kappa shape index (κ2) is 6.76. The number of ether oxygens (including phenoxy) is 1. The quantitative estimate of drug-likeness (QED) is 0.819. The highest BCUT2D eigenvalue weighted by Crippen LogP contribution is 2.27. The molecule has 3 rings (SSSR count). The molecule has 0 bridgehead atoms. The molecule has 2 saturated heterocycles. The molecule has 2 amide bonds. The zero-order chi connectivity index (χ0) is 16.4. The Morgan fingerprint density at radius 3 is 2.87 bits per heavy atom. The first kappa shape index (κ1) is 16.1. The SMILES string of the molecule is CSCC[C@H]1NC(=S)N(c2cccc(N3CCOC3=O)c2)C1=O. The number of nitrogens with one attached hydrogen (secondary N) is 1. The normalized spacial score (nSPS) is 20.9. The van der Waals surface area contributed by atoms with Crippen molar-refractivity contribution in [1.29, 1.82) is 0 Å². The van der Waals surface area contributed by atoms with E-state index in [4.69, 9.17) is 17.0 Å². The minimum atomic E-state index is -0.367. The monoisotopic (exact) mass is 351 g/mol. The third kappa shape index (κ3) is 3.13. The van der Waals surface area contributed by atoms with Crippen LogP contribution >= 0.6 is 24.0 Å². The molecule has 122 valence electrons. The maximum absolute atomic E-state index is 12.6. The number of cyclic esters (lactones) is 1. The Bertz CT molecular complexity index is 653. The molecule has 0 saturated carbocycles. The molecule has 6 nitrogen and oxygen atoms in total. The molecule has 0 aliphatic carbocycles. The molecule has 2 aliphatic heterocycles. The molecule has 0 aromatic heterocycles. The van der Waals surface area contributed by atoms with Crippen LogP contribution in [0.5, 0.6) is 0 Å². The first-order valence-electron chi connectivity index (χ1n) is 7.29. The summed E-state index contributed by atoms with van der Waals surface area (Å²) in [5.74, 6) is 0.838. The van der Waals surface area contributed by atoms with E-state index in [1.54, 1.807) is 28.8 Å². The fourth-order valence-electron chi connectivity index (χ4n) is 2.64. The molecule has 2 fully saturated rings. The van der Waals surface area contributed by atoms with Crippen LogP contribution in [0.2, 0.25) is 0 Å². The van der Waals surface area contributed by atoms with Crippen molar-refractivity contribution in [1.82, 2.24) is 5.32 Å². The zero-order valence-corrected chi connectivity index (χ0v) is 14.3. The van der Waals surface area contributed by atoms with Crippen LogP contribution in [0.15, 0.2) is 24.3 Å². The molecule has 23 heavy (non-hydrogen) atoms. The van der Waals surface area contributed by atoms with E-state index in [1.165, 1.54) is 4.90 Å². The number of rotatable bonds is 5. The summed E-state index contributed by atoms with van der Waals surface area (Å²) in [6.07, 6.45) is 2.37. The van der Waals surface area contributed by atoms with Crippen LogP contribution in [0.25, 0.3) is 0 Å². The van der Waals surface area contributed by atoms with Gasteiger partial charge in [-0.2, -0.15) is 11.8 Å². The highest BCUT2D eigenvalue weighted by Gasteiger charge is 2.36. The molecule has 1 atom stereocenters. The number of benzene rings is 1. The number of nitrogens with zero attached hydrogens (tertiary/aromatic N) is 2. The van der Waals surface area contributed by atoms with Crippen molar-refractivity contribution in [2.75, 3.05) is 35.0 Å². The van der Waals surface area contributed by atoms with Gasteiger partial charge in [0.05, 0.1) is 12.2 Å². The number of amides is 2. The summed E-state index contributed by atoms with van der Waals surface area (Å²) in [7, 11) is 0. The molecular formula is C15H17N3O3S2. The smallest absolute Gasteiger partial charge is 0.414 e. The maximum atomic E-state index is 12.6. The van der Waals surface area contributed by atoms with Gasteiger partial charge in [-0.15, -0.1) is 0 Å². The van der Waals surface area contributed by atoms with E-state index in [2.05, 4.69) is 5.32 Å². The van der Waals surface area contributed by atoms with Crippen LogP contribution in [-0.4, -0.2) is 48.3 Å². The summed E-state index contributed by atoms with van der Waals surface area (Å²) in [6.45, 7) is 0.887. The maximum Gasteiger partial charge on any atom is 0.414 e. The van der Waals surface area contributed by atoms with Crippen molar-refractivity contribution >= 4 is 52.5 Å². The number of hydrogen-bond donors (Lipinski definition) is 1. The van der Waals surface area contributed by atoms with Crippen molar-refractivity contribution in [2.24, 2.45) is 0 Å². The Balaban J connectivity index is 1.82. The zero-order valence-electron chi connectivity index (χ0n) is 12.7. The van der Waals surface area contributed by atoms with Crippen molar-refractivity contribution in [3.63, 3.8) is 0 Å². The van der Waals surface area contributed by atoms with Gasteiger partial charge < -0.3 is 10.1 Å². The van der Waals surface area contributed by atoms with Gasteiger partial charge in [0.25, 0.3) is 5.91 Å². The van der Waals surface area contributed by atoms with Crippen molar-refractivity contribution < 1.29 is 14.3 Å². The highest BCUT2D eigenvalue weighted by molar-refractivity contribution is 7.98. The lowest BCUT2D eigenvalue weighted by atomic mass is 10.2. The summed E-state index contributed by atoms with van der Waals surface area (Å²) < 4.78 is 4.95. The van der Waals surface area contributed by atoms with Gasteiger partial charge in [0, 0.05) is 5.69 Å². The molecule has 2 heterocycles. The van der Waals surface area contributed by atoms with E-state index in [0.717, 1.165) is 12.2 Å². The summed E-state index contributed by atoms with van der Waals surface area (Å²) >= 11 is 7.01. The molecule has 8 heteroatoms. The van der Waals surface area contributed by atoms with Crippen LogP contribution in [-0.2, 0) is 9.53 Å². The van der Waals surface area contributed by atoms with Gasteiger partial charge in [0.15, 0.2) is 5.11 Å². The van der Waals surface area contributed by atoms with E-state index in [1.807, 2.05) is 18.4 Å². The van der Waals surface area contributed by atoms with Gasteiger partial charge in [0.2, 0.25) is 0 Å². The van der Waals surface area contributed by atoms with Gasteiger partial charge in [-0.3, -0.25) is 14.6 Å². The summed E-state index contributed by atoms with van der Waals surface area (Å²) in [5, 5.41) is 3.48. The van der Waals surface area contributed by atoms with Crippen molar-refractivity contribution in [2.45, 2.75) is 12.5 Å². The van der Waals surface area contributed by atoms with Crippen LogP contribution in [0.4, 0.5) is 16.2 Å². The van der Waals surface area contributed by atoms with Gasteiger partial charge in [-0.1, -0.05) is 6.07 Å². The number of anilines is 2. The molecule has 0 spiro atoms. The second-order valence-electron chi connectivity index (χ2n) is 5.24. The number of hydrogen-bond acceptors (Lipinski definition) is 5. The summed E-state index contributed by atoms with van der Waals surface area (Å²) in [6, 6.07) is 6.94. The average Bonchev–Trinajstić information content (AvgIpc) is 3.09. The lowest BCUT2D eigenvalue weighted by Gasteiger charge is -2.18. The lowest BCUT2D eigenvalue weighted by molar-refractivity contribution is -0.118. The van der Waals surface area contributed by atoms with E-state index < -0.39 is 0 Å². The second-order valence-corrected chi connectivity index (χ2v) is 6.62. The Kier molecular flexibility index (Phi) is 4.72. The Morgan fingerprint density at radius 1 is 1.39 bits per heavy atom. The van der Waals surface area contributed by atoms with Gasteiger partial charge >= 0.3 is 6.09 Å². The molecule has 2 aliphatic rings. The Labute approximate surface area is 144 Å². The Hall–Kier alpha value is -1.80. The van der Waals surface area contributed by atoms with E-state index in [-0.39, 0.29) is 18.0 Å². The average molecular weight is 351 g/mol. The van der Waals surface area contributed by atoms with Gasteiger partial charge in [-0.05, 0) is 48.8 Å². The minimum absolute atomic E-state index is 0.0507. The van der Waals surface area contributed by atoms with Gasteiger partial charge in [-0.25, -0.2) is 4.79 Å². The fourth-order valence-corrected chi connectivity index (χ4v) is 3.44. The lowest BCUT2D eigenvalue weighted by Crippen LogP contribution is -2.32. The van der Waals surface area contributed by atoms with Gasteiger partial charge in [0.1, 0.15) is 12.6 Å². The standard InChI is InChI=1S/C15H17N3O3S2/c1-23-8-5-12-13(19)18(14(22)16-12)11-4-2-3-10(9-11)17-6-7-21-15(17)20/h2-4,9,12H,5-8H2,1H3,(H,16,22)/t12-/m1/s1. The van der Waals surface area contributed by atoms with Crippen LogP contribution in [0.3, 0.4) is 0 Å². The molecule has 0 radical (unpaired) electrons. The largest absolute Gasteiger partial charge is 0.447 e. The number of carbonyl (C=O) groups is 2. The minimum Gasteiger partial charge on any atom is -0.447 e. The van der Waals surface area contributed by atoms with Crippen molar-refractivity contribution in [3.05, 3.63) is 24.3 Å². The van der Waals surface area contributed by atoms with Crippen molar-refractivity contribution in [3.8, 4) is 0 Å². The number of thiocarbonyl (C=S) groups is 1. The third-order valence-electron chi connectivity index (χ3n) is 3.79. The predicted octanol–water partition coefficient (Wildman–Crippen LogP) is 1.99. The molecule has 1 aromatic rings. The summed E-state index contributed by atoms with van der Waals surface area (Å²) in [4.78, 5) is 27.3. The number of carbonyl (C=O) groups excluding carboxylic acids is 2. The highest BCUT2D eigenvalue weighted by atomic mass is 32.2. The van der Waals surface area contributed by atoms with Crippen LogP contribution in [0, 0.1) is 0 Å². The summed E-state index contributed by atoms with van der Waals surface area (Å²) in [5.41, 5.74) is 1.37. The fraction of sp³-hybridized carbons (Fsp3) is 0.400. The molecule has 0 unspecified atom stereocenters. The third-order valence-corrected chi connectivity index (χ3v) is 4.73. The number of thioether (sulfide) groups is 1. The van der Waals surface area contributed by atoms with E-state index >= 15 is 0 Å². The topological polar surface area (TPSA) is 61.9 Å². The van der Waals surface area contributed by atoms with Crippen LogP contribution < -0.4 is 15.1 Å². The molecular weight excluding hydrogens is 334 g/mol. The first-order chi connectivity index (χ1) is 11.1. The van der Waals surface area contributed by atoms with Crippen LogP contribution in [0.1, 0.15) is 6.42 Å². The first-order valence-corrected chi connectivity index (χ1v) is 9.10.